The number of nitro groups is 1. The van der Waals surface area contributed by atoms with Gasteiger partial charge in [0, 0.05) is 5.75 Å². The summed E-state index contributed by atoms with van der Waals surface area (Å²) in [7, 11) is 0. The molecular formula is C8H7BrFNO3S. The van der Waals surface area contributed by atoms with Crippen molar-refractivity contribution in [3.8, 4) is 0 Å². The minimum Gasteiger partial charge on any atom is -0.396 e. The first kappa shape index (κ1) is 12.4. The van der Waals surface area contributed by atoms with Crippen molar-refractivity contribution in [1.82, 2.24) is 0 Å². The summed E-state index contributed by atoms with van der Waals surface area (Å²) < 4.78 is 13.2. The van der Waals surface area contributed by atoms with Gasteiger partial charge in [0.25, 0.3) is 5.69 Å². The molecule has 0 aliphatic carbocycles. The Morgan fingerprint density at radius 2 is 2.27 bits per heavy atom. The average molecular weight is 296 g/mol. The van der Waals surface area contributed by atoms with E-state index in [2.05, 4.69) is 15.9 Å². The van der Waals surface area contributed by atoms with E-state index in [0.717, 1.165) is 17.8 Å². The highest BCUT2D eigenvalue weighted by molar-refractivity contribution is 9.10. The number of hydrogen-bond acceptors (Lipinski definition) is 4. The molecule has 1 rings (SSSR count). The summed E-state index contributed by atoms with van der Waals surface area (Å²) in [5.41, 5.74) is -0.283. The van der Waals surface area contributed by atoms with Crippen LogP contribution in [0, 0.1) is 15.9 Å². The van der Waals surface area contributed by atoms with Gasteiger partial charge in [0.2, 0.25) is 0 Å². The number of aliphatic hydroxyl groups is 1. The molecule has 7 heteroatoms. The van der Waals surface area contributed by atoms with Crippen LogP contribution < -0.4 is 0 Å². The first-order valence-electron chi connectivity index (χ1n) is 3.93. The van der Waals surface area contributed by atoms with Crippen LogP contribution in [0.3, 0.4) is 0 Å². The molecule has 0 aliphatic heterocycles. The number of nitro benzene ring substituents is 1. The normalized spacial score (nSPS) is 10.3. The van der Waals surface area contributed by atoms with E-state index in [1.54, 1.807) is 0 Å². The molecule has 0 amide bonds. The van der Waals surface area contributed by atoms with Crippen LogP contribution in [0.5, 0.6) is 0 Å². The predicted molar refractivity (Wildman–Crippen MR) is 58.6 cm³/mol. The van der Waals surface area contributed by atoms with Crippen LogP contribution in [-0.2, 0) is 0 Å². The van der Waals surface area contributed by atoms with Gasteiger partial charge < -0.3 is 5.11 Å². The standard InChI is InChI=1S/C8H7BrFNO3S/c9-5-3-8(15-2-1-12)7(11(13)14)4-6(5)10/h3-4,12H,1-2H2. The lowest BCUT2D eigenvalue weighted by Crippen LogP contribution is -1.95. The monoisotopic (exact) mass is 295 g/mol. The fraction of sp³-hybridized carbons (Fsp3) is 0.250. The van der Waals surface area contributed by atoms with E-state index in [4.69, 9.17) is 5.11 Å². The number of halogens is 2. The van der Waals surface area contributed by atoms with Gasteiger partial charge in [-0.25, -0.2) is 4.39 Å². The molecule has 1 aromatic rings. The maximum absolute atomic E-state index is 13.0. The van der Waals surface area contributed by atoms with Crippen LogP contribution in [0.1, 0.15) is 0 Å². The molecule has 0 radical (unpaired) electrons. The number of rotatable bonds is 4. The molecule has 0 saturated heterocycles. The smallest absolute Gasteiger partial charge is 0.285 e. The fourth-order valence-corrected chi connectivity index (χ4v) is 2.22. The number of benzene rings is 1. The van der Waals surface area contributed by atoms with Crippen LogP contribution >= 0.6 is 27.7 Å². The Morgan fingerprint density at radius 1 is 1.60 bits per heavy atom. The summed E-state index contributed by atoms with van der Waals surface area (Å²) in [4.78, 5) is 10.3. The molecule has 1 N–H and O–H groups in total. The Balaban J connectivity index is 3.10. The number of thioether (sulfide) groups is 1. The zero-order valence-corrected chi connectivity index (χ0v) is 9.85. The van der Waals surface area contributed by atoms with Crippen molar-refractivity contribution in [3.63, 3.8) is 0 Å². The molecule has 82 valence electrons. The lowest BCUT2D eigenvalue weighted by molar-refractivity contribution is -0.387. The van der Waals surface area contributed by atoms with Crippen LogP contribution in [0.25, 0.3) is 0 Å². The van der Waals surface area contributed by atoms with Crippen molar-refractivity contribution in [3.05, 3.63) is 32.5 Å². The quantitative estimate of drug-likeness (QED) is 0.527. The molecular weight excluding hydrogens is 289 g/mol. The Labute approximate surface area is 97.8 Å². The van der Waals surface area contributed by atoms with Crippen molar-refractivity contribution in [1.29, 1.82) is 0 Å². The van der Waals surface area contributed by atoms with Gasteiger partial charge in [-0.05, 0) is 22.0 Å². The second-order valence-electron chi connectivity index (χ2n) is 2.56. The van der Waals surface area contributed by atoms with Gasteiger partial charge in [0.05, 0.1) is 27.0 Å². The van der Waals surface area contributed by atoms with Crippen molar-refractivity contribution < 1.29 is 14.4 Å². The highest BCUT2D eigenvalue weighted by Gasteiger charge is 2.17. The van der Waals surface area contributed by atoms with E-state index < -0.39 is 10.7 Å². The molecule has 0 saturated carbocycles. The minimum atomic E-state index is -0.671. The van der Waals surface area contributed by atoms with Crippen molar-refractivity contribution in [2.75, 3.05) is 12.4 Å². The van der Waals surface area contributed by atoms with E-state index in [-0.39, 0.29) is 16.8 Å². The summed E-state index contributed by atoms with van der Waals surface area (Å²) in [6, 6.07) is 2.21. The second-order valence-corrected chi connectivity index (χ2v) is 4.55. The first-order valence-corrected chi connectivity index (χ1v) is 5.71. The third-order valence-electron chi connectivity index (χ3n) is 1.55. The summed E-state index contributed by atoms with van der Waals surface area (Å²) in [5.74, 6) is -0.339. The average Bonchev–Trinajstić information content (AvgIpc) is 2.19. The molecule has 0 fully saturated rings. The van der Waals surface area contributed by atoms with E-state index in [9.17, 15) is 14.5 Å². The lowest BCUT2D eigenvalue weighted by atomic mass is 10.3. The van der Waals surface area contributed by atoms with Gasteiger partial charge in [-0.2, -0.15) is 0 Å². The van der Waals surface area contributed by atoms with Gasteiger partial charge in [-0.15, -0.1) is 11.8 Å². The summed E-state index contributed by atoms with van der Waals surface area (Å²) in [6.45, 7) is -0.0865. The lowest BCUT2D eigenvalue weighted by Gasteiger charge is -2.03. The third-order valence-corrected chi connectivity index (χ3v) is 3.18. The maximum Gasteiger partial charge on any atom is 0.285 e. The molecule has 0 heterocycles. The number of hydrogen-bond donors (Lipinski definition) is 1. The fourth-order valence-electron chi connectivity index (χ4n) is 0.932. The molecule has 0 atom stereocenters. The van der Waals surface area contributed by atoms with Gasteiger partial charge in [-0.3, -0.25) is 10.1 Å². The molecule has 1 aromatic carbocycles. The molecule has 4 nitrogen and oxygen atoms in total. The SMILES string of the molecule is O=[N+]([O-])c1cc(F)c(Br)cc1SCCO. The maximum atomic E-state index is 13.0. The Morgan fingerprint density at radius 3 is 2.80 bits per heavy atom. The highest BCUT2D eigenvalue weighted by atomic mass is 79.9. The topological polar surface area (TPSA) is 63.4 Å². The van der Waals surface area contributed by atoms with Crippen molar-refractivity contribution in [2.24, 2.45) is 0 Å². The highest BCUT2D eigenvalue weighted by Crippen LogP contribution is 2.33. The van der Waals surface area contributed by atoms with Crippen LogP contribution in [-0.4, -0.2) is 22.4 Å². The molecule has 15 heavy (non-hydrogen) atoms. The van der Waals surface area contributed by atoms with E-state index in [1.165, 1.54) is 6.07 Å². The molecule has 0 spiro atoms. The molecule has 0 bridgehead atoms. The predicted octanol–water partition coefficient (Wildman–Crippen LogP) is 2.58. The zero-order chi connectivity index (χ0) is 11.4. The third kappa shape index (κ3) is 3.15. The number of aliphatic hydroxyl groups excluding tert-OH is 1. The largest absolute Gasteiger partial charge is 0.396 e. The van der Waals surface area contributed by atoms with Crippen LogP contribution in [0.15, 0.2) is 21.5 Å². The molecule has 0 unspecified atom stereocenters. The van der Waals surface area contributed by atoms with E-state index >= 15 is 0 Å². The first-order chi connectivity index (χ1) is 7.06. The van der Waals surface area contributed by atoms with Crippen molar-refractivity contribution >= 4 is 33.4 Å². The minimum absolute atomic E-state index is 0.0865. The second kappa shape index (κ2) is 5.43. The molecule has 0 aromatic heterocycles. The Hall–Kier alpha value is -0.660. The van der Waals surface area contributed by atoms with Crippen molar-refractivity contribution in [2.45, 2.75) is 4.90 Å². The van der Waals surface area contributed by atoms with Crippen LogP contribution in [0.2, 0.25) is 0 Å². The van der Waals surface area contributed by atoms with E-state index in [1.807, 2.05) is 0 Å². The number of nitrogens with zero attached hydrogens (tertiary/aromatic N) is 1. The summed E-state index contributed by atoms with van der Waals surface area (Å²) >= 11 is 4.06. The van der Waals surface area contributed by atoms with Crippen LogP contribution in [0.4, 0.5) is 10.1 Å². The summed E-state index contributed by atoms with van der Waals surface area (Å²) in [6.07, 6.45) is 0. The Kier molecular flexibility index (Phi) is 4.49. The van der Waals surface area contributed by atoms with Gasteiger partial charge in [0.1, 0.15) is 5.82 Å². The van der Waals surface area contributed by atoms with E-state index in [0.29, 0.717) is 10.6 Å². The Bertz CT molecular complexity index is 388. The van der Waals surface area contributed by atoms with Gasteiger partial charge in [0.15, 0.2) is 0 Å². The van der Waals surface area contributed by atoms with Gasteiger partial charge >= 0.3 is 0 Å². The summed E-state index contributed by atoms with van der Waals surface area (Å²) in [5, 5.41) is 19.2. The van der Waals surface area contributed by atoms with Gasteiger partial charge in [-0.1, -0.05) is 0 Å². The molecule has 0 aliphatic rings. The zero-order valence-electron chi connectivity index (χ0n) is 7.44.